The molecule has 0 heterocycles. The third kappa shape index (κ3) is 8.43. The van der Waals surface area contributed by atoms with E-state index in [1.807, 2.05) is 13.8 Å². The third-order valence-electron chi connectivity index (χ3n) is 1.30. The van der Waals surface area contributed by atoms with Crippen LogP contribution in [-0.2, 0) is 13.9 Å². The van der Waals surface area contributed by atoms with Gasteiger partial charge in [-0.2, -0.15) is 0 Å². The Morgan fingerprint density at radius 1 is 1.08 bits per heavy atom. The highest BCUT2D eigenvalue weighted by Gasteiger charge is 2.21. The molecule has 0 spiro atoms. The number of ether oxygens (including phenoxy) is 2. The van der Waals surface area contributed by atoms with E-state index in [9.17, 15) is 0 Å². The molecule has 3 nitrogen and oxygen atoms in total. The van der Waals surface area contributed by atoms with Gasteiger partial charge in [0.1, 0.15) is 0 Å². The molecule has 0 aliphatic rings. The summed E-state index contributed by atoms with van der Waals surface area (Å²) in [5, 5.41) is 0. The summed E-state index contributed by atoms with van der Waals surface area (Å²) >= 11 is 0. The van der Waals surface area contributed by atoms with Gasteiger partial charge in [-0.1, -0.05) is 0 Å². The fourth-order valence-corrected chi connectivity index (χ4v) is 1.84. The minimum absolute atomic E-state index is 0.184. The van der Waals surface area contributed by atoms with Crippen molar-refractivity contribution in [2.45, 2.75) is 39.8 Å². The van der Waals surface area contributed by atoms with Crippen LogP contribution in [-0.4, -0.2) is 34.4 Å². The Hall–Kier alpha value is 0.0969. The molecule has 0 fully saturated rings. The van der Waals surface area contributed by atoms with Crippen LogP contribution in [0.4, 0.5) is 0 Å². The summed E-state index contributed by atoms with van der Waals surface area (Å²) in [6.07, 6.45) is -0.184. The molecule has 0 radical (unpaired) electrons. The van der Waals surface area contributed by atoms with E-state index in [1.165, 1.54) is 0 Å². The molecule has 0 aliphatic carbocycles. The van der Waals surface area contributed by atoms with E-state index in [0.717, 1.165) is 0 Å². The van der Waals surface area contributed by atoms with Crippen molar-refractivity contribution < 1.29 is 13.9 Å². The maximum absolute atomic E-state index is 5.77. The Kier molecular flexibility index (Phi) is 6.58. The molecule has 0 rings (SSSR count). The van der Waals surface area contributed by atoms with Gasteiger partial charge < -0.3 is 13.9 Å². The first-order chi connectivity index (χ1) is 5.99. The summed E-state index contributed by atoms with van der Waals surface area (Å²) in [5.41, 5.74) is 0. The van der Waals surface area contributed by atoms with Gasteiger partial charge in [0.05, 0.1) is 6.61 Å². The molecule has 1 unspecified atom stereocenters. The van der Waals surface area contributed by atoms with E-state index in [1.54, 1.807) is 0 Å². The van der Waals surface area contributed by atoms with Crippen molar-refractivity contribution in [3.8, 4) is 0 Å². The minimum Gasteiger partial charge on any atom is -0.391 e. The number of rotatable bonds is 7. The lowest BCUT2D eigenvalue weighted by Crippen LogP contribution is -2.36. The Labute approximate surface area is 82.5 Å². The lowest BCUT2D eigenvalue weighted by Gasteiger charge is -2.25. The Balaban J connectivity index is 3.79. The van der Waals surface area contributed by atoms with Gasteiger partial charge in [-0.15, -0.1) is 0 Å². The molecule has 0 amide bonds. The highest BCUT2D eigenvalue weighted by molar-refractivity contribution is 6.69. The molecule has 80 valence electrons. The van der Waals surface area contributed by atoms with E-state index in [4.69, 9.17) is 13.9 Å². The molecular weight excluding hydrogens is 184 g/mol. The fourth-order valence-electron chi connectivity index (χ4n) is 0.910. The van der Waals surface area contributed by atoms with E-state index >= 15 is 0 Å². The normalized spacial score (nSPS) is 14.5. The van der Waals surface area contributed by atoms with Gasteiger partial charge in [-0.3, -0.25) is 0 Å². The van der Waals surface area contributed by atoms with Crippen molar-refractivity contribution in [2.24, 2.45) is 0 Å². The molecule has 0 aliphatic heterocycles. The van der Waals surface area contributed by atoms with E-state index in [-0.39, 0.29) is 6.29 Å². The summed E-state index contributed by atoms with van der Waals surface area (Å²) in [7, 11) is -1.51. The minimum atomic E-state index is -1.51. The van der Waals surface area contributed by atoms with Crippen LogP contribution < -0.4 is 0 Å². The molecular formula is C9H22O3Si. The van der Waals surface area contributed by atoms with Crippen LogP contribution in [0.1, 0.15) is 13.8 Å². The van der Waals surface area contributed by atoms with Gasteiger partial charge in [0.2, 0.25) is 0 Å². The van der Waals surface area contributed by atoms with Crippen LogP contribution in [0.2, 0.25) is 19.6 Å². The quantitative estimate of drug-likeness (QED) is 0.472. The van der Waals surface area contributed by atoms with Crippen molar-refractivity contribution in [1.82, 2.24) is 0 Å². The standard InChI is InChI=1S/C9H22O3Si/c1-6-10-8-9(11-7-2)12-13(3,4)5/h9H,6-8H2,1-5H3. The zero-order valence-corrected chi connectivity index (χ0v) is 10.4. The Morgan fingerprint density at radius 3 is 2.08 bits per heavy atom. The smallest absolute Gasteiger partial charge is 0.187 e. The summed E-state index contributed by atoms with van der Waals surface area (Å²) in [6.45, 7) is 12.3. The van der Waals surface area contributed by atoms with Gasteiger partial charge in [0.25, 0.3) is 0 Å². The average Bonchev–Trinajstić information content (AvgIpc) is 1.98. The van der Waals surface area contributed by atoms with Crippen LogP contribution in [0.5, 0.6) is 0 Å². The first kappa shape index (κ1) is 13.1. The van der Waals surface area contributed by atoms with Crippen LogP contribution in [0.3, 0.4) is 0 Å². The molecule has 0 saturated heterocycles. The largest absolute Gasteiger partial charge is 0.391 e. The third-order valence-corrected chi connectivity index (χ3v) is 2.27. The molecule has 0 aromatic heterocycles. The number of hydrogen-bond donors (Lipinski definition) is 0. The first-order valence-electron chi connectivity index (χ1n) is 4.86. The maximum atomic E-state index is 5.77. The first-order valence-corrected chi connectivity index (χ1v) is 8.27. The van der Waals surface area contributed by atoms with Crippen LogP contribution in [0.25, 0.3) is 0 Å². The van der Waals surface area contributed by atoms with Gasteiger partial charge in [0, 0.05) is 13.2 Å². The zero-order valence-electron chi connectivity index (χ0n) is 9.42. The van der Waals surface area contributed by atoms with Crippen LogP contribution in [0, 0.1) is 0 Å². The van der Waals surface area contributed by atoms with Gasteiger partial charge in [-0.05, 0) is 33.5 Å². The van der Waals surface area contributed by atoms with E-state index < -0.39 is 8.32 Å². The van der Waals surface area contributed by atoms with E-state index in [0.29, 0.717) is 19.8 Å². The number of hydrogen-bond acceptors (Lipinski definition) is 3. The summed E-state index contributed by atoms with van der Waals surface area (Å²) < 4.78 is 16.4. The topological polar surface area (TPSA) is 27.7 Å². The second kappa shape index (κ2) is 6.54. The summed E-state index contributed by atoms with van der Waals surface area (Å²) in [4.78, 5) is 0. The van der Waals surface area contributed by atoms with Crippen molar-refractivity contribution in [3.05, 3.63) is 0 Å². The monoisotopic (exact) mass is 206 g/mol. The second-order valence-corrected chi connectivity index (χ2v) is 8.24. The van der Waals surface area contributed by atoms with Crippen LogP contribution >= 0.6 is 0 Å². The van der Waals surface area contributed by atoms with Crippen molar-refractivity contribution >= 4 is 8.32 Å². The van der Waals surface area contributed by atoms with Gasteiger partial charge in [0.15, 0.2) is 14.6 Å². The zero-order chi connectivity index (χ0) is 10.3. The fraction of sp³-hybridized carbons (Fsp3) is 1.00. The molecule has 0 aromatic rings. The van der Waals surface area contributed by atoms with Crippen LogP contribution in [0.15, 0.2) is 0 Å². The Morgan fingerprint density at radius 2 is 1.69 bits per heavy atom. The molecule has 0 bridgehead atoms. The van der Waals surface area contributed by atoms with Gasteiger partial charge >= 0.3 is 0 Å². The van der Waals surface area contributed by atoms with Gasteiger partial charge in [-0.25, -0.2) is 0 Å². The molecule has 4 heteroatoms. The van der Waals surface area contributed by atoms with Crippen molar-refractivity contribution in [2.75, 3.05) is 19.8 Å². The molecule has 1 atom stereocenters. The van der Waals surface area contributed by atoms with Crippen molar-refractivity contribution in [1.29, 1.82) is 0 Å². The average molecular weight is 206 g/mol. The SMILES string of the molecule is CCOCC(OCC)O[Si](C)(C)C. The lowest BCUT2D eigenvalue weighted by atomic mass is 10.6. The summed E-state index contributed by atoms with van der Waals surface area (Å²) in [5.74, 6) is 0. The summed E-state index contributed by atoms with van der Waals surface area (Å²) in [6, 6.07) is 0. The second-order valence-electron chi connectivity index (χ2n) is 3.77. The lowest BCUT2D eigenvalue weighted by molar-refractivity contribution is -0.121. The predicted molar refractivity (Wildman–Crippen MR) is 56.3 cm³/mol. The molecule has 0 aromatic carbocycles. The molecule has 13 heavy (non-hydrogen) atoms. The molecule has 0 N–H and O–H groups in total. The van der Waals surface area contributed by atoms with E-state index in [2.05, 4.69) is 19.6 Å². The highest BCUT2D eigenvalue weighted by atomic mass is 28.4. The maximum Gasteiger partial charge on any atom is 0.187 e. The predicted octanol–water partition coefficient (Wildman–Crippen LogP) is 2.24. The molecule has 0 saturated carbocycles. The highest BCUT2D eigenvalue weighted by Crippen LogP contribution is 2.08. The van der Waals surface area contributed by atoms with Crippen molar-refractivity contribution in [3.63, 3.8) is 0 Å². The Bertz CT molecular complexity index is 123.